The van der Waals surface area contributed by atoms with Crippen molar-refractivity contribution in [3.63, 3.8) is 0 Å². The van der Waals surface area contributed by atoms with Crippen molar-refractivity contribution in [2.24, 2.45) is 17.2 Å². The van der Waals surface area contributed by atoms with Gasteiger partial charge in [-0.25, -0.2) is 0 Å². The summed E-state index contributed by atoms with van der Waals surface area (Å²) < 4.78 is 0. The topological polar surface area (TPSA) is 237 Å². The molecule has 0 aliphatic rings. The number of carbonyl (C=O) groups is 6. The number of nitrogens with one attached hydrogen (secondary N) is 3. The molecule has 0 aromatic heterocycles. The SMILES string of the molecule is CSCCC(NC(=O)C(N)CC(N)=O)C(=O)NC(CC(N)=O)C(=O)NC(C)C(=O)O. The smallest absolute Gasteiger partial charge is 0.325 e. The molecule has 4 unspecified atom stereocenters. The first kappa shape index (κ1) is 27.1. The predicted molar refractivity (Wildman–Crippen MR) is 108 cm³/mol. The molecule has 0 aromatic rings. The number of amides is 5. The van der Waals surface area contributed by atoms with Gasteiger partial charge in [-0.3, -0.25) is 28.8 Å². The Morgan fingerprint density at radius 1 is 0.867 bits per heavy atom. The van der Waals surface area contributed by atoms with Crippen molar-refractivity contribution in [1.82, 2.24) is 16.0 Å². The molecule has 4 atom stereocenters. The third kappa shape index (κ3) is 10.6. The van der Waals surface area contributed by atoms with Crippen LogP contribution in [0.1, 0.15) is 26.2 Å². The summed E-state index contributed by atoms with van der Waals surface area (Å²) in [7, 11) is 0. The van der Waals surface area contributed by atoms with E-state index in [1.54, 1.807) is 6.26 Å². The maximum absolute atomic E-state index is 12.6. The molecular weight excluding hydrogens is 420 g/mol. The van der Waals surface area contributed by atoms with E-state index in [4.69, 9.17) is 22.3 Å². The standard InChI is InChI=1S/C16H28N6O7S/c1-7(16(28)29)20-15(27)10(6-12(19)24)22-14(26)9(3-4-30-2)21-13(25)8(17)5-11(18)23/h7-10H,3-6,17H2,1-2H3,(H2,18,23)(H2,19,24)(H,20,27)(H,21,25)(H,22,26)(H,28,29). The highest BCUT2D eigenvalue weighted by Gasteiger charge is 2.30. The summed E-state index contributed by atoms with van der Waals surface area (Å²) in [6.45, 7) is 1.20. The number of primary amides is 2. The van der Waals surface area contributed by atoms with Crippen LogP contribution in [0.15, 0.2) is 0 Å². The number of carboxylic acids is 1. The zero-order valence-corrected chi connectivity index (χ0v) is 17.5. The lowest BCUT2D eigenvalue weighted by molar-refractivity contribution is -0.142. The van der Waals surface area contributed by atoms with Gasteiger partial charge >= 0.3 is 5.97 Å². The lowest BCUT2D eigenvalue weighted by Crippen LogP contribution is -2.57. The maximum Gasteiger partial charge on any atom is 0.325 e. The summed E-state index contributed by atoms with van der Waals surface area (Å²) in [5, 5.41) is 15.7. The van der Waals surface area contributed by atoms with Crippen LogP contribution < -0.4 is 33.2 Å². The summed E-state index contributed by atoms with van der Waals surface area (Å²) in [6.07, 6.45) is 0.904. The van der Waals surface area contributed by atoms with Crippen LogP contribution in [0, 0.1) is 0 Å². The second kappa shape index (κ2) is 13.4. The molecule has 0 bridgehead atoms. The number of thioether (sulfide) groups is 1. The molecule has 0 spiro atoms. The number of carboxylic acid groups (broad SMARTS) is 1. The van der Waals surface area contributed by atoms with Crippen LogP contribution in [-0.4, -0.2) is 76.8 Å². The van der Waals surface area contributed by atoms with E-state index in [-0.39, 0.29) is 6.42 Å². The number of hydrogen-bond acceptors (Lipinski definition) is 8. The summed E-state index contributed by atoms with van der Waals surface area (Å²) in [5.41, 5.74) is 15.7. The second-order valence-electron chi connectivity index (χ2n) is 6.42. The summed E-state index contributed by atoms with van der Waals surface area (Å²) >= 11 is 1.39. The van der Waals surface area contributed by atoms with Crippen LogP contribution >= 0.6 is 11.8 Å². The van der Waals surface area contributed by atoms with E-state index in [0.717, 1.165) is 0 Å². The van der Waals surface area contributed by atoms with Crippen LogP contribution in [0.25, 0.3) is 0 Å². The van der Waals surface area contributed by atoms with Gasteiger partial charge in [0.05, 0.1) is 18.9 Å². The van der Waals surface area contributed by atoms with Gasteiger partial charge in [-0.05, 0) is 25.4 Å². The Hall–Kier alpha value is -2.87. The fourth-order valence-electron chi connectivity index (χ4n) is 2.15. The monoisotopic (exact) mass is 448 g/mol. The Kier molecular flexibility index (Phi) is 12.1. The van der Waals surface area contributed by atoms with Gasteiger partial charge in [-0.15, -0.1) is 0 Å². The first-order chi connectivity index (χ1) is 13.9. The Labute approximate surface area is 177 Å². The van der Waals surface area contributed by atoms with E-state index in [0.29, 0.717) is 5.75 Å². The molecule has 0 saturated carbocycles. The van der Waals surface area contributed by atoms with Crippen LogP contribution in [0.3, 0.4) is 0 Å². The molecule has 0 radical (unpaired) electrons. The van der Waals surface area contributed by atoms with Gasteiger partial charge in [0.15, 0.2) is 0 Å². The van der Waals surface area contributed by atoms with Crippen molar-refractivity contribution >= 4 is 47.3 Å². The van der Waals surface area contributed by atoms with Crippen LogP contribution in [-0.2, 0) is 28.8 Å². The highest BCUT2D eigenvalue weighted by Crippen LogP contribution is 2.04. The largest absolute Gasteiger partial charge is 0.480 e. The first-order valence-electron chi connectivity index (χ1n) is 8.84. The van der Waals surface area contributed by atoms with Gasteiger partial charge in [0.2, 0.25) is 29.5 Å². The normalized spacial score (nSPS) is 14.5. The molecule has 30 heavy (non-hydrogen) atoms. The molecule has 0 aromatic carbocycles. The average Bonchev–Trinajstić information content (AvgIpc) is 2.62. The zero-order chi connectivity index (χ0) is 23.4. The predicted octanol–water partition coefficient (Wildman–Crippen LogP) is -3.62. The highest BCUT2D eigenvalue weighted by atomic mass is 32.2. The van der Waals surface area contributed by atoms with Crippen molar-refractivity contribution < 1.29 is 33.9 Å². The minimum absolute atomic E-state index is 0.151. The fourth-order valence-corrected chi connectivity index (χ4v) is 2.62. The minimum atomic E-state index is -1.45. The Bertz CT molecular complexity index is 674. The van der Waals surface area contributed by atoms with Gasteiger partial charge in [-0.1, -0.05) is 0 Å². The summed E-state index contributed by atoms with van der Waals surface area (Å²) in [5.74, 6) is -5.12. The van der Waals surface area contributed by atoms with E-state index in [9.17, 15) is 28.8 Å². The van der Waals surface area contributed by atoms with E-state index >= 15 is 0 Å². The van der Waals surface area contributed by atoms with Crippen molar-refractivity contribution in [2.75, 3.05) is 12.0 Å². The van der Waals surface area contributed by atoms with Crippen molar-refractivity contribution in [1.29, 1.82) is 0 Å². The fraction of sp³-hybridized carbons (Fsp3) is 0.625. The molecule has 170 valence electrons. The van der Waals surface area contributed by atoms with Gasteiger partial charge in [0.25, 0.3) is 0 Å². The third-order valence-electron chi connectivity index (χ3n) is 3.77. The summed E-state index contributed by atoms with van der Waals surface area (Å²) in [4.78, 5) is 70.1. The van der Waals surface area contributed by atoms with Crippen LogP contribution in [0.4, 0.5) is 0 Å². The van der Waals surface area contributed by atoms with Crippen LogP contribution in [0.5, 0.6) is 0 Å². The number of nitrogens with two attached hydrogens (primary N) is 3. The van der Waals surface area contributed by atoms with E-state index in [2.05, 4.69) is 16.0 Å². The van der Waals surface area contributed by atoms with Crippen molar-refractivity contribution in [2.45, 2.75) is 50.4 Å². The third-order valence-corrected chi connectivity index (χ3v) is 4.41. The van der Waals surface area contributed by atoms with E-state index in [1.165, 1.54) is 18.7 Å². The molecule has 5 amide bonds. The van der Waals surface area contributed by atoms with Crippen molar-refractivity contribution in [3.05, 3.63) is 0 Å². The number of aliphatic carboxylic acids is 1. The molecule has 13 nitrogen and oxygen atoms in total. The van der Waals surface area contributed by atoms with Gasteiger partial charge in [0.1, 0.15) is 18.1 Å². The molecular formula is C16H28N6O7S. The van der Waals surface area contributed by atoms with Gasteiger partial charge in [0, 0.05) is 0 Å². The minimum Gasteiger partial charge on any atom is -0.480 e. The zero-order valence-electron chi connectivity index (χ0n) is 16.7. The molecule has 0 saturated heterocycles. The molecule has 0 aliphatic heterocycles. The Balaban J connectivity index is 5.33. The van der Waals surface area contributed by atoms with E-state index < -0.39 is 72.5 Å². The molecule has 0 aliphatic carbocycles. The molecule has 10 N–H and O–H groups in total. The number of rotatable bonds is 14. The Morgan fingerprint density at radius 2 is 1.37 bits per heavy atom. The number of hydrogen-bond donors (Lipinski definition) is 7. The molecule has 14 heteroatoms. The van der Waals surface area contributed by atoms with Gasteiger partial charge < -0.3 is 38.3 Å². The summed E-state index contributed by atoms with van der Waals surface area (Å²) in [6, 6.07) is -5.13. The molecule has 0 heterocycles. The quantitative estimate of drug-likeness (QED) is 0.139. The molecule has 0 rings (SSSR count). The maximum atomic E-state index is 12.6. The van der Waals surface area contributed by atoms with Crippen molar-refractivity contribution in [3.8, 4) is 0 Å². The lowest BCUT2D eigenvalue weighted by Gasteiger charge is -2.24. The average molecular weight is 449 g/mol. The first-order valence-corrected chi connectivity index (χ1v) is 10.2. The highest BCUT2D eigenvalue weighted by molar-refractivity contribution is 7.98. The molecule has 0 fully saturated rings. The Morgan fingerprint density at radius 3 is 1.83 bits per heavy atom. The van der Waals surface area contributed by atoms with Crippen LogP contribution in [0.2, 0.25) is 0 Å². The van der Waals surface area contributed by atoms with Gasteiger partial charge in [-0.2, -0.15) is 11.8 Å². The lowest BCUT2D eigenvalue weighted by atomic mass is 10.1. The van der Waals surface area contributed by atoms with E-state index in [1.807, 2.05) is 0 Å². The second-order valence-corrected chi connectivity index (χ2v) is 7.41. The number of carbonyl (C=O) groups excluding carboxylic acids is 5.